The average Bonchev–Trinajstić information content (AvgIpc) is 3.15. The number of nitrogens with zero attached hydrogens (tertiary/aromatic N) is 3. The fourth-order valence-electron chi connectivity index (χ4n) is 3.19. The van der Waals surface area contributed by atoms with E-state index in [0.29, 0.717) is 23.7 Å². The Morgan fingerprint density at radius 3 is 2.72 bits per heavy atom. The van der Waals surface area contributed by atoms with Crippen molar-refractivity contribution in [2.75, 3.05) is 13.2 Å². The fourth-order valence-corrected chi connectivity index (χ4v) is 3.19. The highest BCUT2D eigenvalue weighted by Gasteiger charge is 2.16. The molecule has 1 unspecified atom stereocenters. The van der Waals surface area contributed by atoms with E-state index in [2.05, 4.69) is 15.4 Å². The van der Waals surface area contributed by atoms with Gasteiger partial charge in [0, 0.05) is 49.9 Å². The van der Waals surface area contributed by atoms with Gasteiger partial charge in [0.2, 0.25) is 0 Å². The number of carbonyl (C=O) groups is 1. The quantitative estimate of drug-likeness (QED) is 0.670. The smallest absolute Gasteiger partial charge is 0.274 e. The Kier molecular flexibility index (Phi) is 5.39. The largest absolute Gasteiger partial charge is 0.376 e. The van der Waals surface area contributed by atoms with E-state index in [1.165, 1.54) is 29.1 Å². The lowest BCUT2D eigenvalue weighted by atomic mass is 10.1. The van der Waals surface area contributed by atoms with Gasteiger partial charge in [0.15, 0.2) is 11.2 Å². The number of hydrogen-bond acceptors (Lipinski definition) is 5. The number of amides is 1. The predicted octanol–water partition coefficient (Wildman–Crippen LogP) is 1.01. The van der Waals surface area contributed by atoms with Crippen LogP contribution < -0.4 is 16.3 Å². The molecule has 150 valence electrons. The van der Waals surface area contributed by atoms with Crippen LogP contribution in [0.15, 0.2) is 58.5 Å². The first-order valence-corrected chi connectivity index (χ1v) is 9.47. The van der Waals surface area contributed by atoms with E-state index < -0.39 is 0 Å². The number of pyridine rings is 2. The molecule has 2 N–H and O–H groups in total. The molecule has 9 heteroatoms. The van der Waals surface area contributed by atoms with Crippen molar-refractivity contribution in [1.29, 1.82) is 0 Å². The van der Waals surface area contributed by atoms with Gasteiger partial charge >= 0.3 is 0 Å². The van der Waals surface area contributed by atoms with Crippen LogP contribution in [0.5, 0.6) is 0 Å². The summed E-state index contributed by atoms with van der Waals surface area (Å²) in [6.07, 6.45) is 7.75. The van der Waals surface area contributed by atoms with E-state index in [-0.39, 0.29) is 23.0 Å². The normalized spacial score (nSPS) is 16.5. The van der Waals surface area contributed by atoms with Crippen molar-refractivity contribution in [2.45, 2.75) is 25.4 Å². The second-order valence-electron chi connectivity index (χ2n) is 6.86. The van der Waals surface area contributed by atoms with Crippen LogP contribution in [0.2, 0.25) is 0 Å². The third kappa shape index (κ3) is 4.35. The van der Waals surface area contributed by atoms with Crippen LogP contribution in [0.1, 0.15) is 29.6 Å². The number of nitrogens with one attached hydrogen (secondary N) is 2. The summed E-state index contributed by atoms with van der Waals surface area (Å²) < 4.78 is 8.50. The van der Waals surface area contributed by atoms with Gasteiger partial charge in [-0.05, 0) is 31.4 Å². The summed E-state index contributed by atoms with van der Waals surface area (Å²) in [5, 5.41) is 5.80. The molecule has 4 heterocycles. The molecule has 0 radical (unpaired) electrons. The molecule has 1 amide bonds. The first-order valence-electron chi connectivity index (χ1n) is 9.47. The van der Waals surface area contributed by atoms with Crippen LogP contribution >= 0.6 is 0 Å². The fraction of sp³-hybridized carbons (Fsp3) is 0.300. The van der Waals surface area contributed by atoms with Gasteiger partial charge in [0.05, 0.1) is 11.7 Å². The average molecular weight is 395 g/mol. The third-order valence-corrected chi connectivity index (χ3v) is 4.79. The first-order chi connectivity index (χ1) is 14.1. The first kappa shape index (κ1) is 18.9. The van der Waals surface area contributed by atoms with Crippen LogP contribution in [-0.4, -0.2) is 44.5 Å². The predicted molar refractivity (Wildman–Crippen MR) is 106 cm³/mol. The van der Waals surface area contributed by atoms with Gasteiger partial charge in [0.1, 0.15) is 5.82 Å². The Morgan fingerprint density at radius 2 is 2.03 bits per heavy atom. The standard InChI is InChI=1S/C20H21N5O4/c26-15-6-8-24(9-7-15)18-11-19(27)25(23-18)17-5-4-14(12-21-17)20(28)22-13-16-3-1-2-10-29-16/h4-9,11-12,16,23H,1-3,10,13H2,(H,22,28). The molecule has 1 saturated heterocycles. The van der Waals surface area contributed by atoms with Gasteiger partial charge in [0.25, 0.3) is 11.5 Å². The minimum atomic E-state index is -0.308. The number of hydrogen-bond donors (Lipinski definition) is 2. The van der Waals surface area contributed by atoms with Crippen molar-refractivity contribution in [2.24, 2.45) is 0 Å². The number of carbonyl (C=O) groups excluding carboxylic acids is 1. The minimum Gasteiger partial charge on any atom is -0.376 e. The summed E-state index contributed by atoms with van der Waals surface area (Å²) in [6.45, 7) is 1.21. The number of aromatic amines is 1. The Bertz CT molecular complexity index is 1090. The Morgan fingerprint density at radius 1 is 1.21 bits per heavy atom. The molecule has 3 aromatic heterocycles. The summed E-state index contributed by atoms with van der Waals surface area (Å²) >= 11 is 0. The number of aromatic nitrogens is 4. The van der Waals surface area contributed by atoms with Crippen molar-refractivity contribution < 1.29 is 9.53 Å². The molecule has 0 spiro atoms. The van der Waals surface area contributed by atoms with Gasteiger partial charge in [-0.15, -0.1) is 0 Å². The van der Waals surface area contributed by atoms with Crippen molar-refractivity contribution in [3.05, 3.63) is 75.1 Å². The van der Waals surface area contributed by atoms with Gasteiger partial charge in [-0.2, -0.15) is 4.68 Å². The third-order valence-electron chi connectivity index (χ3n) is 4.79. The maximum absolute atomic E-state index is 12.3. The summed E-state index contributed by atoms with van der Waals surface area (Å²) in [5.41, 5.74) is -0.0174. The molecule has 0 aromatic carbocycles. The topological polar surface area (TPSA) is 111 Å². The molecule has 9 nitrogen and oxygen atoms in total. The molecule has 0 aliphatic carbocycles. The Hall–Kier alpha value is -3.46. The van der Waals surface area contributed by atoms with Crippen molar-refractivity contribution in [1.82, 2.24) is 24.6 Å². The second kappa shape index (κ2) is 8.27. The van der Waals surface area contributed by atoms with Crippen LogP contribution in [0.25, 0.3) is 11.6 Å². The van der Waals surface area contributed by atoms with Gasteiger partial charge < -0.3 is 14.6 Å². The van der Waals surface area contributed by atoms with Crippen LogP contribution in [0, 0.1) is 0 Å². The zero-order valence-electron chi connectivity index (χ0n) is 15.7. The summed E-state index contributed by atoms with van der Waals surface area (Å²) in [6, 6.07) is 7.42. The molecule has 0 saturated carbocycles. The summed E-state index contributed by atoms with van der Waals surface area (Å²) in [4.78, 5) is 40.1. The Balaban J connectivity index is 1.46. The van der Waals surface area contributed by atoms with Crippen LogP contribution in [-0.2, 0) is 4.74 Å². The highest BCUT2D eigenvalue weighted by Crippen LogP contribution is 2.12. The number of rotatable bonds is 5. The summed E-state index contributed by atoms with van der Waals surface area (Å²) in [7, 11) is 0. The zero-order chi connectivity index (χ0) is 20.2. The van der Waals surface area contributed by atoms with Crippen molar-refractivity contribution >= 4 is 5.91 Å². The van der Waals surface area contributed by atoms with E-state index in [0.717, 1.165) is 25.9 Å². The molecular weight excluding hydrogens is 374 g/mol. The van der Waals surface area contributed by atoms with Gasteiger partial charge in [-0.3, -0.25) is 19.5 Å². The molecular formula is C20H21N5O4. The molecule has 1 atom stereocenters. The van der Waals surface area contributed by atoms with E-state index in [1.807, 2.05) is 0 Å². The minimum absolute atomic E-state index is 0.0593. The van der Waals surface area contributed by atoms with Crippen molar-refractivity contribution in [3.63, 3.8) is 0 Å². The molecule has 3 aromatic rings. The zero-order valence-corrected chi connectivity index (χ0v) is 15.7. The van der Waals surface area contributed by atoms with E-state index in [9.17, 15) is 14.4 Å². The highest BCUT2D eigenvalue weighted by molar-refractivity contribution is 5.93. The molecule has 1 aliphatic heterocycles. The van der Waals surface area contributed by atoms with Gasteiger partial charge in [-0.1, -0.05) is 0 Å². The van der Waals surface area contributed by atoms with Crippen LogP contribution in [0.3, 0.4) is 0 Å². The maximum atomic E-state index is 12.3. The van der Waals surface area contributed by atoms with Gasteiger partial charge in [-0.25, -0.2) is 4.98 Å². The molecule has 4 rings (SSSR count). The highest BCUT2D eigenvalue weighted by atomic mass is 16.5. The van der Waals surface area contributed by atoms with Crippen molar-refractivity contribution in [3.8, 4) is 11.6 Å². The van der Waals surface area contributed by atoms with E-state index in [1.54, 1.807) is 29.1 Å². The summed E-state index contributed by atoms with van der Waals surface area (Å²) in [5.74, 6) is 0.617. The molecule has 0 bridgehead atoms. The number of H-pyrrole nitrogens is 1. The van der Waals surface area contributed by atoms with Crippen LogP contribution in [0.4, 0.5) is 0 Å². The lowest BCUT2D eigenvalue weighted by Gasteiger charge is -2.22. The maximum Gasteiger partial charge on any atom is 0.274 e. The lowest BCUT2D eigenvalue weighted by molar-refractivity contribution is 0.0169. The lowest BCUT2D eigenvalue weighted by Crippen LogP contribution is -2.35. The SMILES string of the molecule is O=C(NCC1CCCCO1)c1ccc(-n2[nH]c(-n3ccc(=O)cc3)cc2=O)nc1. The molecule has 1 fully saturated rings. The monoisotopic (exact) mass is 395 g/mol. The Labute approximate surface area is 165 Å². The number of ether oxygens (including phenoxy) is 1. The van der Waals surface area contributed by atoms with E-state index in [4.69, 9.17) is 4.74 Å². The van der Waals surface area contributed by atoms with E-state index >= 15 is 0 Å². The molecule has 1 aliphatic rings. The second-order valence-corrected chi connectivity index (χ2v) is 6.86. The molecule has 29 heavy (non-hydrogen) atoms.